The van der Waals surface area contributed by atoms with Crippen molar-refractivity contribution in [3.63, 3.8) is 0 Å². The lowest BCUT2D eigenvalue weighted by Gasteiger charge is -2.30. The third kappa shape index (κ3) is 3.48. The Labute approximate surface area is 167 Å². The normalized spacial score (nSPS) is 15.4. The summed E-state index contributed by atoms with van der Waals surface area (Å²) in [6, 6.07) is 13.6. The van der Waals surface area contributed by atoms with Gasteiger partial charge in [-0.2, -0.15) is 0 Å². The molecular formula is C22H19N3O4. The van der Waals surface area contributed by atoms with Gasteiger partial charge in [-0.3, -0.25) is 15.0 Å². The molecule has 0 radical (unpaired) electrons. The third-order valence-corrected chi connectivity index (χ3v) is 5.16. The molecule has 7 nitrogen and oxygen atoms in total. The summed E-state index contributed by atoms with van der Waals surface area (Å²) >= 11 is 0. The number of carbonyl (C=O) groups is 1. The smallest absolute Gasteiger partial charge is 0.336 e. The Balaban J connectivity index is 1.96. The van der Waals surface area contributed by atoms with Gasteiger partial charge in [-0.25, -0.2) is 9.78 Å². The molecule has 1 aromatic heterocycles. The maximum Gasteiger partial charge on any atom is 0.336 e. The van der Waals surface area contributed by atoms with Crippen LogP contribution in [-0.2, 0) is 6.54 Å². The quantitative estimate of drug-likeness (QED) is 0.530. The molecule has 146 valence electrons. The van der Waals surface area contributed by atoms with Crippen LogP contribution in [0.3, 0.4) is 0 Å². The van der Waals surface area contributed by atoms with E-state index in [2.05, 4.69) is 4.90 Å². The van der Waals surface area contributed by atoms with Crippen molar-refractivity contribution in [2.75, 3.05) is 13.1 Å². The van der Waals surface area contributed by atoms with Crippen LogP contribution >= 0.6 is 0 Å². The molecule has 1 N–H and O–H groups in total. The van der Waals surface area contributed by atoms with Crippen LogP contribution in [0.5, 0.6) is 0 Å². The number of likely N-dealkylation sites (N-methyl/N-ethyl adjacent to an activating group) is 1. The van der Waals surface area contributed by atoms with Crippen LogP contribution in [0.15, 0.2) is 48.5 Å². The van der Waals surface area contributed by atoms with Crippen molar-refractivity contribution in [3.05, 3.63) is 81.0 Å². The number of fused-ring (bicyclic) bond motifs is 2. The summed E-state index contributed by atoms with van der Waals surface area (Å²) in [4.78, 5) is 29.7. The topological polar surface area (TPSA) is 96.6 Å². The number of carboxylic acids is 1. The first-order valence-electron chi connectivity index (χ1n) is 9.30. The minimum absolute atomic E-state index is 0.0143. The van der Waals surface area contributed by atoms with Crippen molar-refractivity contribution in [1.82, 2.24) is 9.88 Å². The Morgan fingerprint density at radius 2 is 2.03 bits per heavy atom. The van der Waals surface area contributed by atoms with Gasteiger partial charge >= 0.3 is 5.97 Å². The van der Waals surface area contributed by atoms with Gasteiger partial charge in [0, 0.05) is 36.2 Å². The van der Waals surface area contributed by atoms with Crippen molar-refractivity contribution >= 4 is 34.2 Å². The largest absolute Gasteiger partial charge is 0.478 e. The highest BCUT2D eigenvalue weighted by atomic mass is 16.6. The van der Waals surface area contributed by atoms with E-state index in [4.69, 9.17) is 4.98 Å². The second kappa shape index (κ2) is 7.44. The van der Waals surface area contributed by atoms with Gasteiger partial charge in [-0.05, 0) is 29.8 Å². The van der Waals surface area contributed by atoms with E-state index in [-0.39, 0.29) is 11.3 Å². The van der Waals surface area contributed by atoms with Crippen molar-refractivity contribution in [2.24, 2.45) is 0 Å². The monoisotopic (exact) mass is 389 g/mol. The number of nitro groups is 1. The molecule has 0 amide bonds. The Morgan fingerprint density at radius 3 is 2.76 bits per heavy atom. The number of hydrogen-bond acceptors (Lipinski definition) is 5. The Kier molecular flexibility index (Phi) is 4.82. The highest BCUT2D eigenvalue weighted by Gasteiger charge is 2.27. The van der Waals surface area contributed by atoms with Gasteiger partial charge in [0.1, 0.15) is 0 Å². The van der Waals surface area contributed by atoms with E-state index in [9.17, 15) is 20.0 Å². The second-order valence-corrected chi connectivity index (χ2v) is 6.96. The van der Waals surface area contributed by atoms with E-state index >= 15 is 0 Å². The van der Waals surface area contributed by atoms with E-state index in [1.54, 1.807) is 24.3 Å². The number of non-ortho nitro benzene ring substituents is 1. The molecule has 1 aliphatic rings. The lowest BCUT2D eigenvalue weighted by molar-refractivity contribution is -0.384. The fourth-order valence-corrected chi connectivity index (χ4v) is 3.78. The fourth-order valence-electron chi connectivity index (χ4n) is 3.78. The van der Waals surface area contributed by atoms with Crippen LogP contribution in [-0.4, -0.2) is 39.0 Å². The molecule has 0 bridgehead atoms. The maximum atomic E-state index is 12.1. The standard InChI is InChI=1S/C22H19N3O4/c1-2-24-12-15(10-14-6-5-7-16(11-14)25(28)29)21-18(13-24)20(22(26)27)17-8-3-4-9-19(17)23-21/h3-11H,2,12-13H2,1H3,(H,26,27)/b15-10-. The first-order valence-corrected chi connectivity index (χ1v) is 9.30. The van der Waals surface area contributed by atoms with Crippen molar-refractivity contribution in [2.45, 2.75) is 13.5 Å². The van der Waals surface area contributed by atoms with E-state index in [1.807, 2.05) is 25.1 Å². The molecule has 0 fully saturated rings. The minimum atomic E-state index is -0.979. The van der Waals surface area contributed by atoms with Crippen LogP contribution in [0.4, 0.5) is 5.69 Å². The number of nitrogens with zero attached hydrogens (tertiary/aromatic N) is 3. The number of para-hydroxylation sites is 1. The van der Waals surface area contributed by atoms with Crippen LogP contribution in [0.2, 0.25) is 0 Å². The van der Waals surface area contributed by atoms with Crippen LogP contribution in [0.1, 0.15) is 34.1 Å². The van der Waals surface area contributed by atoms with Gasteiger partial charge in [0.05, 0.1) is 21.7 Å². The zero-order valence-electron chi connectivity index (χ0n) is 15.8. The lowest BCUT2D eigenvalue weighted by Crippen LogP contribution is -2.31. The summed E-state index contributed by atoms with van der Waals surface area (Å²) in [6.07, 6.45) is 1.86. The summed E-state index contributed by atoms with van der Waals surface area (Å²) in [5.41, 5.74) is 3.78. The summed E-state index contributed by atoms with van der Waals surface area (Å²) < 4.78 is 0. The van der Waals surface area contributed by atoms with Crippen LogP contribution in [0.25, 0.3) is 22.6 Å². The Hall–Kier alpha value is -3.58. The predicted octanol–water partition coefficient (Wildman–Crippen LogP) is 4.22. The summed E-state index contributed by atoms with van der Waals surface area (Å²) in [5, 5.41) is 21.7. The van der Waals surface area contributed by atoms with E-state index in [0.29, 0.717) is 40.8 Å². The third-order valence-electron chi connectivity index (χ3n) is 5.16. The first kappa shape index (κ1) is 18.8. The average Bonchev–Trinajstić information content (AvgIpc) is 2.72. The highest BCUT2D eigenvalue weighted by Crippen LogP contribution is 2.34. The molecule has 1 aliphatic heterocycles. The van der Waals surface area contributed by atoms with Crippen molar-refractivity contribution in [1.29, 1.82) is 0 Å². The number of benzene rings is 2. The van der Waals surface area contributed by atoms with E-state index in [0.717, 1.165) is 12.1 Å². The van der Waals surface area contributed by atoms with Gasteiger partial charge in [-0.15, -0.1) is 0 Å². The van der Waals surface area contributed by atoms with Crippen molar-refractivity contribution < 1.29 is 14.8 Å². The number of carboxylic acid groups (broad SMARTS) is 1. The molecule has 3 aromatic rings. The molecule has 0 spiro atoms. The zero-order valence-corrected chi connectivity index (χ0v) is 15.8. The molecule has 0 unspecified atom stereocenters. The molecule has 0 saturated heterocycles. The molecule has 0 atom stereocenters. The molecular weight excluding hydrogens is 370 g/mol. The molecule has 7 heteroatoms. The number of rotatable bonds is 4. The van der Waals surface area contributed by atoms with E-state index in [1.165, 1.54) is 12.1 Å². The molecule has 4 rings (SSSR count). The Bertz CT molecular complexity index is 1170. The van der Waals surface area contributed by atoms with Gasteiger partial charge in [-0.1, -0.05) is 37.3 Å². The van der Waals surface area contributed by atoms with E-state index < -0.39 is 10.9 Å². The molecule has 0 aliphatic carbocycles. The number of pyridine rings is 1. The highest BCUT2D eigenvalue weighted by molar-refractivity contribution is 6.06. The number of aromatic carboxylic acids is 1. The van der Waals surface area contributed by atoms with Crippen LogP contribution in [0, 0.1) is 10.1 Å². The van der Waals surface area contributed by atoms with Crippen LogP contribution < -0.4 is 0 Å². The first-order chi connectivity index (χ1) is 14.0. The number of aromatic nitrogens is 1. The van der Waals surface area contributed by atoms with Gasteiger partial charge < -0.3 is 5.11 Å². The summed E-state index contributed by atoms with van der Waals surface area (Å²) in [7, 11) is 0. The Morgan fingerprint density at radius 1 is 1.24 bits per heavy atom. The number of nitro benzene ring substituents is 1. The maximum absolute atomic E-state index is 12.1. The predicted molar refractivity (Wildman–Crippen MR) is 111 cm³/mol. The second-order valence-electron chi connectivity index (χ2n) is 6.96. The summed E-state index contributed by atoms with van der Waals surface area (Å²) in [6.45, 7) is 3.86. The fraction of sp³-hybridized carbons (Fsp3) is 0.182. The SMILES string of the molecule is CCN1C/C(=C/c2cccc([N+](=O)[O-])c2)c2nc3ccccc3c(C(=O)O)c2C1. The van der Waals surface area contributed by atoms with Gasteiger partial charge in [0.2, 0.25) is 0 Å². The molecule has 0 saturated carbocycles. The molecule has 2 heterocycles. The lowest BCUT2D eigenvalue weighted by atomic mass is 9.92. The minimum Gasteiger partial charge on any atom is -0.478 e. The van der Waals surface area contributed by atoms with Gasteiger partial charge in [0.25, 0.3) is 5.69 Å². The number of hydrogen-bond donors (Lipinski definition) is 1. The van der Waals surface area contributed by atoms with Gasteiger partial charge in [0.15, 0.2) is 0 Å². The molecule has 29 heavy (non-hydrogen) atoms. The zero-order chi connectivity index (χ0) is 20.5. The molecule has 2 aromatic carbocycles. The summed E-state index contributed by atoms with van der Waals surface area (Å²) in [5.74, 6) is -0.979. The average molecular weight is 389 g/mol. The van der Waals surface area contributed by atoms with Crippen molar-refractivity contribution in [3.8, 4) is 0 Å².